The van der Waals surface area contributed by atoms with Gasteiger partial charge in [0.05, 0.1) is 15.9 Å². The average molecular weight is 416 g/mol. The van der Waals surface area contributed by atoms with Gasteiger partial charge < -0.3 is 10.7 Å². The largest absolute Gasteiger partial charge is 0.320 e. The maximum absolute atomic E-state index is 12.7. The lowest BCUT2D eigenvalue weighted by Gasteiger charge is -2.07. The number of quaternary nitrogens is 1. The second kappa shape index (κ2) is 8.73. The zero-order valence-corrected chi connectivity index (χ0v) is 17.0. The highest BCUT2D eigenvalue weighted by Gasteiger charge is 2.17. The van der Waals surface area contributed by atoms with E-state index in [2.05, 4.69) is 20.4 Å². The zero-order valence-electron chi connectivity index (χ0n) is 16.2. The Hall–Kier alpha value is -3.75. The van der Waals surface area contributed by atoms with Crippen LogP contribution in [0.4, 0.5) is 11.4 Å². The molecule has 4 N–H and O–H groups in total. The number of carbonyl (C=O) groups is 1. The Morgan fingerprint density at radius 3 is 2.73 bits per heavy atom. The number of amides is 1. The molecule has 0 aliphatic heterocycles. The van der Waals surface area contributed by atoms with Crippen molar-refractivity contribution in [2.45, 2.75) is 6.92 Å². The van der Waals surface area contributed by atoms with Gasteiger partial charge in [-0.25, -0.2) is 4.98 Å². The van der Waals surface area contributed by atoms with Crippen molar-refractivity contribution in [3.8, 4) is 10.6 Å². The molecule has 2 aromatic heterocycles. The van der Waals surface area contributed by atoms with Crippen LogP contribution in [0.15, 0.2) is 78.2 Å². The topological polar surface area (TPSA) is 108 Å². The number of nitrogens with one attached hydrogen (secondary N) is 2. The van der Waals surface area contributed by atoms with Gasteiger partial charge in [-0.05, 0) is 25.1 Å². The van der Waals surface area contributed by atoms with E-state index in [9.17, 15) is 4.79 Å². The Labute approximate surface area is 177 Å². The van der Waals surface area contributed by atoms with E-state index in [1.165, 1.54) is 0 Å². The molecule has 7 nitrogen and oxygen atoms in total. The van der Waals surface area contributed by atoms with Crippen LogP contribution in [-0.2, 0) is 4.79 Å². The SMILES string of the molecule is CC(=N)/C(=N\[NH2+]c1ccccc1)C(=O)Nc1cccc(-c2nc3ccncc3s2)c1. The smallest absolute Gasteiger partial charge is 0.281 e. The summed E-state index contributed by atoms with van der Waals surface area (Å²) >= 11 is 1.55. The number of rotatable bonds is 6. The van der Waals surface area contributed by atoms with Gasteiger partial charge in [-0.2, -0.15) is 5.43 Å². The van der Waals surface area contributed by atoms with Crippen LogP contribution in [0, 0.1) is 5.41 Å². The van der Waals surface area contributed by atoms with Crippen LogP contribution < -0.4 is 10.7 Å². The number of thiazole rings is 1. The highest BCUT2D eigenvalue weighted by atomic mass is 32.1. The number of carbonyl (C=O) groups excluding carboxylic acids is 1. The first-order valence-corrected chi connectivity index (χ1v) is 10.1. The Balaban J connectivity index is 1.54. The molecule has 2 heterocycles. The second-order valence-electron chi connectivity index (χ2n) is 6.54. The maximum Gasteiger partial charge on any atom is 0.281 e. The fourth-order valence-electron chi connectivity index (χ4n) is 2.83. The summed E-state index contributed by atoms with van der Waals surface area (Å²) < 4.78 is 1.01. The van der Waals surface area contributed by atoms with Gasteiger partial charge in [-0.15, -0.1) is 11.3 Å². The van der Waals surface area contributed by atoms with E-state index in [1.54, 1.807) is 42.1 Å². The van der Waals surface area contributed by atoms with Gasteiger partial charge >= 0.3 is 0 Å². The van der Waals surface area contributed by atoms with Gasteiger partial charge in [0, 0.05) is 35.8 Å². The maximum atomic E-state index is 12.7. The summed E-state index contributed by atoms with van der Waals surface area (Å²) in [6.45, 7) is 1.54. The molecule has 0 fully saturated rings. The first-order valence-electron chi connectivity index (χ1n) is 9.24. The van der Waals surface area contributed by atoms with Crippen LogP contribution in [0.25, 0.3) is 20.8 Å². The van der Waals surface area contributed by atoms with Crippen molar-refractivity contribution >= 4 is 50.3 Å². The van der Waals surface area contributed by atoms with Crippen LogP contribution in [0.1, 0.15) is 6.92 Å². The normalized spacial score (nSPS) is 11.4. The van der Waals surface area contributed by atoms with E-state index < -0.39 is 5.91 Å². The number of nitrogens with zero attached hydrogens (tertiary/aromatic N) is 3. The lowest BCUT2D eigenvalue weighted by atomic mass is 10.2. The minimum Gasteiger partial charge on any atom is -0.320 e. The Morgan fingerprint density at radius 1 is 1.13 bits per heavy atom. The van der Waals surface area contributed by atoms with Gasteiger partial charge in [-0.3, -0.25) is 9.78 Å². The predicted molar refractivity (Wildman–Crippen MR) is 120 cm³/mol. The molecule has 0 unspecified atom stereocenters. The highest BCUT2D eigenvalue weighted by Crippen LogP contribution is 2.30. The molecule has 8 heteroatoms. The summed E-state index contributed by atoms with van der Waals surface area (Å²) in [4.78, 5) is 21.5. The number of pyridine rings is 1. The highest BCUT2D eigenvalue weighted by molar-refractivity contribution is 7.21. The Morgan fingerprint density at radius 2 is 1.97 bits per heavy atom. The third kappa shape index (κ3) is 4.45. The fourth-order valence-corrected chi connectivity index (χ4v) is 3.76. The molecule has 4 rings (SSSR count). The monoisotopic (exact) mass is 415 g/mol. The summed E-state index contributed by atoms with van der Waals surface area (Å²) in [7, 11) is 0. The van der Waals surface area contributed by atoms with Gasteiger partial charge in [0.2, 0.25) is 5.71 Å². The lowest BCUT2D eigenvalue weighted by molar-refractivity contribution is -0.577. The number of hydrogen-bond donors (Lipinski definition) is 3. The van der Waals surface area contributed by atoms with Crippen molar-refractivity contribution in [1.29, 1.82) is 5.41 Å². The van der Waals surface area contributed by atoms with Gasteiger partial charge in [-0.1, -0.05) is 35.4 Å². The molecule has 0 atom stereocenters. The first-order chi connectivity index (χ1) is 14.6. The van der Waals surface area contributed by atoms with Crippen LogP contribution in [-0.4, -0.2) is 27.3 Å². The van der Waals surface area contributed by atoms with E-state index in [-0.39, 0.29) is 11.4 Å². The average Bonchev–Trinajstić information content (AvgIpc) is 3.19. The van der Waals surface area contributed by atoms with Crippen molar-refractivity contribution in [3.05, 3.63) is 73.1 Å². The van der Waals surface area contributed by atoms with E-state index in [4.69, 9.17) is 5.41 Å². The van der Waals surface area contributed by atoms with E-state index >= 15 is 0 Å². The Bertz CT molecular complexity index is 1220. The molecule has 0 saturated heterocycles. The molecule has 0 saturated carbocycles. The number of hydrogen-bond acceptors (Lipinski definition) is 6. The first kappa shape index (κ1) is 19.6. The van der Waals surface area contributed by atoms with Crippen molar-refractivity contribution in [2.24, 2.45) is 5.10 Å². The number of benzene rings is 2. The number of aromatic nitrogens is 2. The number of fused-ring (bicyclic) bond motifs is 1. The zero-order chi connectivity index (χ0) is 20.9. The lowest BCUT2D eigenvalue weighted by Crippen LogP contribution is -2.72. The Kier molecular flexibility index (Phi) is 5.69. The van der Waals surface area contributed by atoms with Crippen molar-refractivity contribution in [2.75, 3.05) is 5.32 Å². The summed E-state index contributed by atoms with van der Waals surface area (Å²) in [5.74, 6) is -0.430. The molecule has 0 spiro atoms. The van der Waals surface area contributed by atoms with E-state index in [1.807, 2.05) is 54.6 Å². The second-order valence-corrected chi connectivity index (χ2v) is 7.57. The minimum atomic E-state index is -0.430. The minimum absolute atomic E-state index is 0.0651. The summed E-state index contributed by atoms with van der Waals surface area (Å²) in [5.41, 5.74) is 5.00. The third-order valence-corrected chi connectivity index (χ3v) is 5.33. The van der Waals surface area contributed by atoms with E-state index in [0.29, 0.717) is 5.69 Å². The molecule has 0 aliphatic carbocycles. The summed E-state index contributed by atoms with van der Waals surface area (Å²) in [5, 5.41) is 15.9. The van der Waals surface area contributed by atoms with Crippen molar-refractivity contribution in [1.82, 2.24) is 9.97 Å². The van der Waals surface area contributed by atoms with E-state index in [0.717, 1.165) is 26.5 Å². The molecule has 0 radical (unpaired) electrons. The molecule has 1 amide bonds. The van der Waals surface area contributed by atoms with Crippen LogP contribution in [0.5, 0.6) is 0 Å². The standard InChI is InChI=1S/C22H18N6OS/c1-14(23)20(28-27-16-7-3-2-4-8-16)21(29)25-17-9-5-6-15(12-17)22-26-18-10-11-24-13-19(18)30-22/h2-13,23,27H,1H3,(H,25,29)/p+1/b23-14?,28-20+. The number of anilines is 1. The molecule has 2 aromatic carbocycles. The van der Waals surface area contributed by atoms with Gasteiger partial charge in [0.1, 0.15) is 5.01 Å². The molecule has 148 valence electrons. The third-order valence-electron chi connectivity index (χ3n) is 4.27. The van der Waals surface area contributed by atoms with Crippen molar-refractivity contribution in [3.63, 3.8) is 0 Å². The molecule has 0 aliphatic rings. The molecule has 4 aromatic rings. The van der Waals surface area contributed by atoms with Gasteiger partial charge in [0.25, 0.3) is 5.91 Å². The number of nitrogens with two attached hydrogens (primary N) is 1. The molecule has 0 bridgehead atoms. The molecular weight excluding hydrogens is 396 g/mol. The summed E-state index contributed by atoms with van der Waals surface area (Å²) in [6.07, 6.45) is 3.51. The fraction of sp³-hybridized carbons (Fsp3) is 0.0455. The predicted octanol–water partition coefficient (Wildman–Crippen LogP) is 3.59. The van der Waals surface area contributed by atoms with Crippen LogP contribution >= 0.6 is 11.3 Å². The van der Waals surface area contributed by atoms with Crippen LogP contribution in [0.2, 0.25) is 0 Å². The molecular formula is C22H19N6OS+. The van der Waals surface area contributed by atoms with Crippen molar-refractivity contribution < 1.29 is 10.2 Å². The molecule has 30 heavy (non-hydrogen) atoms. The van der Waals surface area contributed by atoms with Gasteiger partial charge in [0.15, 0.2) is 5.69 Å². The summed E-state index contributed by atoms with van der Waals surface area (Å²) in [6, 6.07) is 18.8. The quantitative estimate of drug-likeness (QED) is 0.194. The van der Waals surface area contributed by atoms with Crippen LogP contribution in [0.3, 0.4) is 0 Å².